The number of amides is 2. The van der Waals surface area contributed by atoms with Crippen molar-refractivity contribution in [1.82, 2.24) is 18.8 Å². The topological polar surface area (TPSA) is 108 Å². The Morgan fingerprint density at radius 3 is 2.38 bits per heavy atom. The molecule has 2 saturated heterocycles. The molecule has 0 spiro atoms. The molecule has 2 fully saturated rings. The maximum Gasteiger partial charge on any atom is 0.409 e. The van der Waals surface area contributed by atoms with E-state index in [9.17, 15) is 18.0 Å². The molecule has 1 aromatic carbocycles. The lowest BCUT2D eigenvalue weighted by atomic mass is 9.99. The van der Waals surface area contributed by atoms with Crippen molar-refractivity contribution in [2.24, 2.45) is 5.92 Å². The van der Waals surface area contributed by atoms with Gasteiger partial charge in [-0.3, -0.25) is 4.79 Å². The van der Waals surface area contributed by atoms with Gasteiger partial charge in [-0.25, -0.2) is 4.79 Å². The zero-order chi connectivity index (χ0) is 23.1. The van der Waals surface area contributed by atoms with Gasteiger partial charge in [-0.15, -0.1) is 0 Å². The van der Waals surface area contributed by atoms with Crippen molar-refractivity contribution in [2.45, 2.75) is 26.3 Å². The normalized spacial score (nSPS) is 20.6. The van der Waals surface area contributed by atoms with Crippen molar-refractivity contribution in [3.05, 3.63) is 29.8 Å². The summed E-state index contributed by atoms with van der Waals surface area (Å²) in [5.41, 5.74) is 0.943. The molecule has 2 aliphatic heterocycles. The van der Waals surface area contributed by atoms with Crippen LogP contribution in [0.2, 0.25) is 0 Å². The summed E-state index contributed by atoms with van der Waals surface area (Å²) in [5, 5.41) is 2.92. The van der Waals surface area contributed by atoms with Crippen molar-refractivity contribution >= 4 is 22.2 Å². The molecular formula is C21H32N4O6S. The number of hydrogen-bond donors (Lipinski definition) is 1. The summed E-state index contributed by atoms with van der Waals surface area (Å²) in [6.07, 6.45) is 0.857. The Balaban J connectivity index is 1.52. The second-order valence-electron chi connectivity index (χ2n) is 7.86. The number of benzene rings is 1. The monoisotopic (exact) mass is 468 g/mol. The third kappa shape index (κ3) is 5.90. The van der Waals surface area contributed by atoms with Crippen molar-refractivity contribution in [2.75, 3.05) is 53.0 Å². The van der Waals surface area contributed by atoms with Gasteiger partial charge in [0.2, 0.25) is 5.91 Å². The fourth-order valence-corrected chi connectivity index (χ4v) is 5.60. The van der Waals surface area contributed by atoms with E-state index in [1.165, 1.54) is 13.5 Å². The van der Waals surface area contributed by atoms with Crippen LogP contribution in [0.4, 0.5) is 4.79 Å². The first-order valence-corrected chi connectivity index (χ1v) is 12.3. The van der Waals surface area contributed by atoms with Gasteiger partial charge in [0.25, 0.3) is 10.2 Å². The smallest absolute Gasteiger partial charge is 0.409 e. The maximum atomic E-state index is 13.1. The second kappa shape index (κ2) is 11.0. The Hall–Kier alpha value is -2.37. The standard InChI is InChI=1S/C21H32N4O6S/c1-3-31-21(27)23-11-13-24(14-12-23)32(28,29)25-10-4-5-18(16-25)20(26)22-15-17-6-8-19(30-2)9-7-17/h6-9,18H,3-5,10-16H2,1-2H3,(H,22,26)/t18-/m0/s1. The van der Waals surface area contributed by atoms with E-state index in [0.717, 1.165) is 11.3 Å². The van der Waals surface area contributed by atoms with E-state index < -0.39 is 22.2 Å². The number of methoxy groups -OCH3 is 1. The summed E-state index contributed by atoms with van der Waals surface area (Å²) < 4.78 is 39.2. The van der Waals surface area contributed by atoms with Crippen LogP contribution < -0.4 is 10.1 Å². The molecule has 0 unspecified atom stereocenters. The highest BCUT2D eigenvalue weighted by molar-refractivity contribution is 7.86. The van der Waals surface area contributed by atoms with Crippen LogP contribution in [0.5, 0.6) is 5.75 Å². The number of rotatable bonds is 7. The summed E-state index contributed by atoms with van der Waals surface area (Å²) in [5.74, 6) is 0.210. The Kier molecular flexibility index (Phi) is 8.32. The minimum atomic E-state index is -3.69. The highest BCUT2D eigenvalue weighted by Crippen LogP contribution is 2.22. The van der Waals surface area contributed by atoms with E-state index in [2.05, 4.69) is 5.32 Å². The predicted molar refractivity (Wildman–Crippen MR) is 118 cm³/mol. The van der Waals surface area contributed by atoms with Crippen LogP contribution in [0.3, 0.4) is 0 Å². The zero-order valence-electron chi connectivity index (χ0n) is 18.7. The third-order valence-electron chi connectivity index (χ3n) is 5.80. The van der Waals surface area contributed by atoms with Gasteiger partial charge < -0.3 is 19.7 Å². The molecule has 3 rings (SSSR count). The number of ether oxygens (including phenoxy) is 2. The van der Waals surface area contributed by atoms with Gasteiger partial charge in [-0.1, -0.05) is 12.1 Å². The number of hydrogen-bond acceptors (Lipinski definition) is 6. The SMILES string of the molecule is CCOC(=O)N1CCN(S(=O)(=O)N2CCC[C@H](C(=O)NCc3ccc(OC)cc3)C2)CC1. The molecule has 2 aliphatic rings. The molecule has 1 N–H and O–H groups in total. The van der Waals surface area contributed by atoms with Crippen LogP contribution in [0, 0.1) is 5.92 Å². The quantitative estimate of drug-likeness (QED) is 0.641. The van der Waals surface area contributed by atoms with E-state index in [1.807, 2.05) is 24.3 Å². The Labute approximate surface area is 189 Å². The fourth-order valence-electron chi connectivity index (χ4n) is 3.92. The van der Waals surface area contributed by atoms with E-state index in [-0.39, 0.29) is 45.2 Å². The molecule has 1 aromatic rings. The van der Waals surface area contributed by atoms with Gasteiger partial charge in [-0.05, 0) is 37.5 Å². The van der Waals surface area contributed by atoms with Gasteiger partial charge in [0.05, 0.1) is 19.6 Å². The number of carbonyl (C=O) groups excluding carboxylic acids is 2. The van der Waals surface area contributed by atoms with Crippen molar-refractivity contribution in [1.29, 1.82) is 0 Å². The lowest BCUT2D eigenvalue weighted by molar-refractivity contribution is -0.126. The molecule has 10 nitrogen and oxygen atoms in total. The summed E-state index contributed by atoms with van der Waals surface area (Å²) in [7, 11) is -2.10. The van der Waals surface area contributed by atoms with Crippen LogP contribution in [-0.2, 0) is 26.3 Å². The largest absolute Gasteiger partial charge is 0.497 e. The van der Waals surface area contributed by atoms with E-state index >= 15 is 0 Å². The van der Waals surface area contributed by atoms with E-state index in [1.54, 1.807) is 14.0 Å². The highest BCUT2D eigenvalue weighted by Gasteiger charge is 2.37. The molecule has 0 radical (unpaired) electrons. The van der Waals surface area contributed by atoms with E-state index in [0.29, 0.717) is 25.9 Å². The van der Waals surface area contributed by atoms with Gasteiger partial charge in [0.1, 0.15) is 5.75 Å². The van der Waals surface area contributed by atoms with Crippen LogP contribution in [0.25, 0.3) is 0 Å². The number of nitrogens with zero attached hydrogens (tertiary/aromatic N) is 3. The lowest BCUT2D eigenvalue weighted by Crippen LogP contribution is -2.56. The van der Waals surface area contributed by atoms with Crippen molar-refractivity contribution in [3.63, 3.8) is 0 Å². The van der Waals surface area contributed by atoms with Crippen LogP contribution in [0.15, 0.2) is 24.3 Å². The van der Waals surface area contributed by atoms with Crippen molar-refractivity contribution < 1.29 is 27.5 Å². The summed E-state index contributed by atoms with van der Waals surface area (Å²) >= 11 is 0. The first-order valence-electron chi connectivity index (χ1n) is 10.9. The van der Waals surface area contributed by atoms with Crippen LogP contribution in [0.1, 0.15) is 25.3 Å². The van der Waals surface area contributed by atoms with Crippen LogP contribution in [-0.4, -0.2) is 86.9 Å². The average Bonchev–Trinajstić information content (AvgIpc) is 2.83. The maximum absolute atomic E-state index is 13.1. The molecule has 0 aromatic heterocycles. The molecule has 11 heteroatoms. The van der Waals surface area contributed by atoms with E-state index in [4.69, 9.17) is 9.47 Å². The van der Waals surface area contributed by atoms with Gasteiger partial charge >= 0.3 is 6.09 Å². The minimum Gasteiger partial charge on any atom is -0.497 e. The molecule has 0 saturated carbocycles. The van der Waals surface area contributed by atoms with Crippen molar-refractivity contribution in [3.8, 4) is 5.75 Å². The Morgan fingerprint density at radius 1 is 1.06 bits per heavy atom. The third-order valence-corrected chi connectivity index (χ3v) is 7.80. The Bertz CT molecular complexity index is 884. The van der Waals surface area contributed by atoms with Crippen LogP contribution >= 0.6 is 0 Å². The van der Waals surface area contributed by atoms with Gasteiger partial charge in [-0.2, -0.15) is 17.0 Å². The number of piperidine rings is 1. The minimum absolute atomic E-state index is 0.146. The Morgan fingerprint density at radius 2 is 1.75 bits per heavy atom. The predicted octanol–water partition coefficient (Wildman–Crippen LogP) is 1.04. The molecular weight excluding hydrogens is 436 g/mol. The first-order chi connectivity index (χ1) is 15.3. The summed E-state index contributed by atoms with van der Waals surface area (Å²) in [6.45, 7) is 3.96. The molecule has 32 heavy (non-hydrogen) atoms. The molecule has 178 valence electrons. The average molecular weight is 469 g/mol. The zero-order valence-corrected chi connectivity index (χ0v) is 19.5. The molecule has 1 atom stereocenters. The summed E-state index contributed by atoms with van der Waals surface area (Å²) in [6, 6.07) is 7.43. The van der Waals surface area contributed by atoms with Gasteiger partial charge in [0.15, 0.2) is 0 Å². The first kappa shape index (κ1) is 24.3. The number of nitrogens with one attached hydrogen (secondary N) is 1. The fraction of sp³-hybridized carbons (Fsp3) is 0.619. The van der Waals surface area contributed by atoms with Gasteiger partial charge in [0, 0.05) is 45.8 Å². The molecule has 2 amide bonds. The second-order valence-corrected chi connectivity index (χ2v) is 9.78. The molecule has 0 aliphatic carbocycles. The molecule has 0 bridgehead atoms. The summed E-state index contributed by atoms with van der Waals surface area (Å²) in [4.78, 5) is 26.1. The number of piperazine rings is 1. The highest BCUT2D eigenvalue weighted by atomic mass is 32.2. The lowest BCUT2D eigenvalue weighted by Gasteiger charge is -2.38. The molecule has 2 heterocycles. The number of carbonyl (C=O) groups is 2.